The minimum absolute atomic E-state index is 0.0163. The summed E-state index contributed by atoms with van der Waals surface area (Å²) in [6.07, 6.45) is 12.3. The van der Waals surface area contributed by atoms with Crippen LogP contribution in [-0.4, -0.2) is 25.0 Å². The summed E-state index contributed by atoms with van der Waals surface area (Å²) in [7, 11) is 0. The van der Waals surface area contributed by atoms with Crippen LogP contribution in [0.1, 0.15) is 74.8 Å². The second-order valence-corrected chi connectivity index (χ2v) is 8.67. The van der Waals surface area contributed by atoms with E-state index in [0.29, 0.717) is 25.0 Å². The Hall–Kier alpha value is -2.07. The number of allylic oxidation sites excluding steroid dienone is 1. The van der Waals surface area contributed by atoms with Gasteiger partial charge in [-0.15, -0.1) is 13.2 Å². The fraction of sp³-hybridized carbons (Fsp3) is 0.577. The second kappa shape index (κ2) is 11.9. The molecule has 0 N–H and O–H groups in total. The third-order valence-corrected chi connectivity index (χ3v) is 6.45. The summed E-state index contributed by atoms with van der Waals surface area (Å²) in [6, 6.07) is 8.69. The number of ether oxygens (including phenoxy) is 3. The van der Waals surface area contributed by atoms with Crippen molar-refractivity contribution in [1.29, 1.82) is 0 Å². The van der Waals surface area contributed by atoms with Crippen LogP contribution in [0.25, 0.3) is 0 Å². The average molecular weight is 413 g/mol. The molecule has 0 spiro atoms. The van der Waals surface area contributed by atoms with Crippen molar-refractivity contribution in [3.8, 4) is 0 Å². The molecule has 2 aliphatic rings. The van der Waals surface area contributed by atoms with Crippen molar-refractivity contribution in [1.82, 2.24) is 0 Å². The van der Waals surface area contributed by atoms with Crippen LogP contribution in [0.5, 0.6) is 0 Å². The Morgan fingerprint density at radius 2 is 1.47 bits per heavy atom. The largest absolute Gasteiger partial charge is 0.508 e. The van der Waals surface area contributed by atoms with Crippen LogP contribution in [0, 0.1) is 5.92 Å². The lowest BCUT2D eigenvalue weighted by atomic mass is 9.82. The maximum absolute atomic E-state index is 12.2. The van der Waals surface area contributed by atoms with E-state index < -0.39 is 6.16 Å². The van der Waals surface area contributed by atoms with E-state index in [1.807, 2.05) is 6.08 Å². The third-order valence-electron chi connectivity index (χ3n) is 6.45. The topological polar surface area (TPSA) is 44.8 Å². The van der Waals surface area contributed by atoms with E-state index >= 15 is 0 Å². The molecule has 2 aliphatic carbocycles. The van der Waals surface area contributed by atoms with Gasteiger partial charge in [0.25, 0.3) is 0 Å². The summed E-state index contributed by atoms with van der Waals surface area (Å²) in [6.45, 7) is 8.67. The quantitative estimate of drug-likeness (QED) is 0.257. The molecule has 0 aromatic heterocycles. The van der Waals surface area contributed by atoms with Crippen molar-refractivity contribution in [2.45, 2.75) is 82.5 Å². The van der Waals surface area contributed by atoms with Crippen LogP contribution in [0.15, 0.2) is 49.6 Å². The zero-order valence-corrected chi connectivity index (χ0v) is 18.1. The highest BCUT2D eigenvalue weighted by atomic mass is 16.7. The molecule has 2 saturated carbocycles. The van der Waals surface area contributed by atoms with Gasteiger partial charge in [0.1, 0.15) is 12.2 Å². The van der Waals surface area contributed by atoms with Gasteiger partial charge in [0, 0.05) is 0 Å². The van der Waals surface area contributed by atoms with E-state index in [4.69, 9.17) is 14.2 Å². The maximum Gasteiger partial charge on any atom is 0.508 e. The van der Waals surface area contributed by atoms with Crippen LogP contribution in [0.4, 0.5) is 4.79 Å². The minimum Gasteiger partial charge on any atom is -0.431 e. The monoisotopic (exact) mass is 412 g/mol. The molecule has 30 heavy (non-hydrogen) atoms. The molecule has 0 unspecified atom stereocenters. The maximum atomic E-state index is 12.2. The van der Waals surface area contributed by atoms with Crippen LogP contribution in [0.2, 0.25) is 0 Å². The van der Waals surface area contributed by atoms with Gasteiger partial charge in [0.15, 0.2) is 0 Å². The molecule has 0 atom stereocenters. The fourth-order valence-corrected chi connectivity index (χ4v) is 4.68. The summed E-state index contributed by atoms with van der Waals surface area (Å²) in [5.41, 5.74) is 2.54. The first-order valence-corrected chi connectivity index (χ1v) is 11.4. The third kappa shape index (κ3) is 7.02. The van der Waals surface area contributed by atoms with E-state index in [1.165, 1.54) is 11.1 Å². The second-order valence-electron chi connectivity index (χ2n) is 8.67. The SMILES string of the molecule is C=CCOCc1ccc([C@H]2CC[C@H](OC(=O)O[C@H]3CC[C@H](CC=C)CC3)CC2)cc1. The predicted molar refractivity (Wildman–Crippen MR) is 119 cm³/mol. The Labute approximate surface area is 181 Å². The summed E-state index contributed by atoms with van der Waals surface area (Å²) < 4.78 is 16.7. The summed E-state index contributed by atoms with van der Waals surface area (Å²) in [5, 5.41) is 0. The van der Waals surface area contributed by atoms with Crippen molar-refractivity contribution in [2.24, 2.45) is 5.92 Å². The Kier molecular flexibility index (Phi) is 9.00. The number of carbonyl (C=O) groups is 1. The van der Waals surface area contributed by atoms with Gasteiger partial charge in [-0.05, 0) is 80.8 Å². The Morgan fingerprint density at radius 3 is 2.03 bits per heavy atom. The van der Waals surface area contributed by atoms with Gasteiger partial charge in [-0.3, -0.25) is 0 Å². The highest BCUT2D eigenvalue weighted by Crippen LogP contribution is 2.35. The molecule has 0 amide bonds. The number of rotatable bonds is 9. The molecule has 3 rings (SSSR count). The smallest absolute Gasteiger partial charge is 0.431 e. The first-order valence-electron chi connectivity index (χ1n) is 11.4. The lowest BCUT2D eigenvalue weighted by Gasteiger charge is -2.30. The number of hydrogen-bond donors (Lipinski definition) is 0. The molecule has 2 fully saturated rings. The van der Waals surface area contributed by atoms with E-state index in [0.717, 1.165) is 57.8 Å². The normalized spacial score (nSPS) is 26.5. The van der Waals surface area contributed by atoms with Gasteiger partial charge >= 0.3 is 6.16 Å². The molecule has 0 radical (unpaired) electrons. The summed E-state index contributed by atoms with van der Waals surface area (Å²) >= 11 is 0. The summed E-state index contributed by atoms with van der Waals surface area (Å²) in [5.74, 6) is 1.23. The van der Waals surface area contributed by atoms with Crippen molar-refractivity contribution >= 4 is 6.16 Å². The Balaban J connectivity index is 1.35. The molecule has 0 aliphatic heterocycles. The van der Waals surface area contributed by atoms with Crippen molar-refractivity contribution in [3.05, 3.63) is 60.7 Å². The summed E-state index contributed by atoms with van der Waals surface area (Å²) in [4.78, 5) is 12.2. The Bertz CT molecular complexity index is 665. The van der Waals surface area contributed by atoms with Gasteiger partial charge in [0.2, 0.25) is 0 Å². The van der Waals surface area contributed by atoms with Crippen LogP contribution < -0.4 is 0 Å². The molecule has 1 aromatic carbocycles. The number of benzene rings is 1. The number of carbonyl (C=O) groups excluding carboxylic acids is 1. The van der Waals surface area contributed by atoms with Gasteiger partial charge in [-0.2, -0.15) is 0 Å². The first kappa shape index (κ1) is 22.6. The van der Waals surface area contributed by atoms with E-state index in [1.54, 1.807) is 6.08 Å². The molecule has 4 nitrogen and oxygen atoms in total. The molecule has 4 heteroatoms. The van der Waals surface area contributed by atoms with Crippen LogP contribution >= 0.6 is 0 Å². The lowest BCUT2D eigenvalue weighted by Crippen LogP contribution is -2.29. The molecule has 0 bridgehead atoms. The zero-order valence-electron chi connectivity index (χ0n) is 18.1. The minimum atomic E-state index is -0.477. The van der Waals surface area contributed by atoms with Crippen molar-refractivity contribution in [3.63, 3.8) is 0 Å². The fourth-order valence-electron chi connectivity index (χ4n) is 4.68. The zero-order chi connectivity index (χ0) is 21.2. The first-order chi connectivity index (χ1) is 14.7. The van der Waals surface area contributed by atoms with Crippen LogP contribution in [-0.2, 0) is 20.8 Å². The molecule has 0 heterocycles. The van der Waals surface area contributed by atoms with Crippen molar-refractivity contribution < 1.29 is 19.0 Å². The van der Waals surface area contributed by atoms with Gasteiger partial charge in [-0.25, -0.2) is 4.79 Å². The van der Waals surface area contributed by atoms with Gasteiger partial charge in [-0.1, -0.05) is 36.4 Å². The van der Waals surface area contributed by atoms with E-state index in [2.05, 4.69) is 37.4 Å². The lowest BCUT2D eigenvalue weighted by molar-refractivity contribution is -0.0235. The van der Waals surface area contributed by atoms with E-state index in [-0.39, 0.29) is 12.2 Å². The van der Waals surface area contributed by atoms with E-state index in [9.17, 15) is 4.79 Å². The predicted octanol–water partition coefficient (Wildman–Crippen LogP) is 6.70. The molecule has 0 saturated heterocycles. The molecule has 1 aromatic rings. The molecular weight excluding hydrogens is 376 g/mol. The van der Waals surface area contributed by atoms with Gasteiger partial charge < -0.3 is 14.2 Å². The molecular formula is C26H36O4. The Morgan fingerprint density at radius 1 is 0.867 bits per heavy atom. The van der Waals surface area contributed by atoms with Gasteiger partial charge in [0.05, 0.1) is 13.2 Å². The standard InChI is InChI=1S/C26H36O4/c1-3-5-20-8-14-24(15-9-20)29-26(27)30-25-16-12-23(13-17-25)22-10-6-21(7-11-22)19-28-18-4-2/h3-4,6-7,10-11,20,23-25H,1-2,5,8-9,12-19H2/t20-,23-,24-,25-. The number of hydrogen-bond acceptors (Lipinski definition) is 4. The van der Waals surface area contributed by atoms with Crippen molar-refractivity contribution in [2.75, 3.05) is 6.61 Å². The highest BCUT2D eigenvalue weighted by molar-refractivity contribution is 5.60. The van der Waals surface area contributed by atoms with Crippen LogP contribution in [0.3, 0.4) is 0 Å². The average Bonchev–Trinajstić information content (AvgIpc) is 2.77. The molecule has 164 valence electrons. The highest BCUT2D eigenvalue weighted by Gasteiger charge is 2.28.